The van der Waals surface area contributed by atoms with E-state index in [0.29, 0.717) is 0 Å². The highest BCUT2D eigenvalue weighted by Crippen LogP contribution is 2.44. The van der Waals surface area contributed by atoms with E-state index in [9.17, 15) is 14.0 Å². The van der Waals surface area contributed by atoms with E-state index in [2.05, 4.69) is 5.32 Å². The molecule has 0 bridgehead atoms. The second-order valence-corrected chi connectivity index (χ2v) is 5.96. The molecule has 0 fully saturated rings. The van der Waals surface area contributed by atoms with Crippen LogP contribution in [0.1, 0.15) is 24.0 Å². The first-order chi connectivity index (χ1) is 12.0. The predicted molar refractivity (Wildman–Crippen MR) is 90.2 cm³/mol. The molecule has 2 N–H and O–H groups in total. The maximum Gasteiger partial charge on any atom is 0.407 e. The summed E-state index contributed by atoms with van der Waals surface area (Å²) in [5, 5.41) is 11.0. The van der Waals surface area contributed by atoms with Crippen molar-refractivity contribution in [2.24, 2.45) is 0 Å². The predicted octanol–water partition coefficient (Wildman–Crippen LogP) is 3.34. The fourth-order valence-corrected chi connectivity index (χ4v) is 3.14. The fourth-order valence-electron chi connectivity index (χ4n) is 3.14. The van der Waals surface area contributed by atoms with Crippen LogP contribution in [0.5, 0.6) is 0 Å². The number of carbonyl (C=O) groups is 2. The highest BCUT2D eigenvalue weighted by atomic mass is 19.1. The average Bonchev–Trinajstić information content (AvgIpc) is 2.91. The molecule has 5 nitrogen and oxygen atoms in total. The minimum Gasteiger partial charge on any atom is -0.480 e. The van der Waals surface area contributed by atoms with Crippen LogP contribution in [0, 0.1) is 0 Å². The van der Waals surface area contributed by atoms with Gasteiger partial charge in [0, 0.05) is 5.92 Å². The van der Waals surface area contributed by atoms with Crippen molar-refractivity contribution in [2.45, 2.75) is 25.1 Å². The Hall–Kier alpha value is -2.89. The van der Waals surface area contributed by atoms with Crippen molar-refractivity contribution in [1.29, 1.82) is 0 Å². The van der Waals surface area contributed by atoms with Crippen molar-refractivity contribution in [3.8, 4) is 11.1 Å². The third-order valence-electron chi connectivity index (χ3n) is 4.34. The van der Waals surface area contributed by atoms with Gasteiger partial charge < -0.3 is 15.2 Å². The van der Waals surface area contributed by atoms with Crippen molar-refractivity contribution >= 4 is 12.1 Å². The fraction of sp³-hybridized carbons (Fsp3) is 0.263. The number of halogens is 1. The van der Waals surface area contributed by atoms with Gasteiger partial charge in [-0.2, -0.15) is 0 Å². The van der Waals surface area contributed by atoms with Gasteiger partial charge in [0.05, 0.1) is 0 Å². The molecule has 0 aliphatic heterocycles. The lowest BCUT2D eigenvalue weighted by Gasteiger charge is -2.18. The summed E-state index contributed by atoms with van der Waals surface area (Å²) < 4.78 is 18.5. The van der Waals surface area contributed by atoms with E-state index in [1.54, 1.807) is 0 Å². The number of fused-ring (bicyclic) bond motifs is 3. The quantitative estimate of drug-likeness (QED) is 0.873. The Kier molecular flexibility index (Phi) is 4.70. The van der Waals surface area contributed by atoms with Gasteiger partial charge in [0.25, 0.3) is 0 Å². The van der Waals surface area contributed by atoms with Crippen LogP contribution in [-0.4, -0.2) is 36.0 Å². The summed E-state index contributed by atoms with van der Waals surface area (Å²) in [5.41, 5.74) is 4.27. The number of carbonyl (C=O) groups excluding carboxylic acids is 1. The van der Waals surface area contributed by atoms with E-state index in [-0.39, 0.29) is 12.5 Å². The Morgan fingerprint density at radius 2 is 1.64 bits per heavy atom. The molecule has 1 aliphatic rings. The molecule has 0 spiro atoms. The third-order valence-corrected chi connectivity index (χ3v) is 4.34. The molecular formula is C19H18FNO4. The van der Waals surface area contributed by atoms with E-state index in [1.807, 2.05) is 48.5 Å². The molecule has 130 valence electrons. The SMILES string of the molecule is C[C@@H](F)[C@@H](NC(=O)OCC1c2ccccc2-c2ccccc21)C(=O)O. The summed E-state index contributed by atoms with van der Waals surface area (Å²) in [6.07, 6.45) is -2.67. The maximum absolute atomic E-state index is 13.3. The molecule has 0 aromatic heterocycles. The lowest BCUT2D eigenvalue weighted by molar-refractivity contribution is -0.140. The van der Waals surface area contributed by atoms with Gasteiger partial charge in [0.1, 0.15) is 12.8 Å². The summed E-state index contributed by atoms with van der Waals surface area (Å²) in [7, 11) is 0. The maximum atomic E-state index is 13.3. The van der Waals surface area contributed by atoms with E-state index in [4.69, 9.17) is 9.84 Å². The van der Waals surface area contributed by atoms with Crippen LogP contribution in [0.2, 0.25) is 0 Å². The number of aliphatic carboxylic acids is 1. The minimum atomic E-state index is -1.72. The van der Waals surface area contributed by atoms with Gasteiger partial charge in [-0.1, -0.05) is 48.5 Å². The van der Waals surface area contributed by atoms with E-state index in [1.165, 1.54) is 0 Å². The number of alkyl halides is 1. The largest absolute Gasteiger partial charge is 0.480 e. The molecule has 0 heterocycles. The molecule has 2 atom stereocenters. The van der Waals surface area contributed by atoms with Crippen molar-refractivity contribution in [1.82, 2.24) is 5.32 Å². The molecule has 1 amide bonds. The number of amides is 1. The second-order valence-electron chi connectivity index (χ2n) is 5.96. The molecule has 0 saturated carbocycles. The van der Waals surface area contributed by atoms with Crippen LogP contribution in [0.15, 0.2) is 48.5 Å². The second kappa shape index (κ2) is 6.93. The topological polar surface area (TPSA) is 75.6 Å². The summed E-state index contributed by atoms with van der Waals surface area (Å²) in [4.78, 5) is 22.8. The van der Waals surface area contributed by atoms with E-state index < -0.39 is 24.3 Å². The summed E-state index contributed by atoms with van der Waals surface area (Å²) >= 11 is 0. The van der Waals surface area contributed by atoms with Crippen molar-refractivity contribution in [2.75, 3.05) is 6.61 Å². The van der Waals surface area contributed by atoms with Crippen molar-refractivity contribution in [3.63, 3.8) is 0 Å². The third kappa shape index (κ3) is 3.33. The molecule has 2 aromatic rings. The molecule has 0 saturated heterocycles. The van der Waals surface area contributed by atoms with Gasteiger partial charge in [0.15, 0.2) is 6.04 Å². The summed E-state index contributed by atoms with van der Waals surface area (Å²) in [6.45, 7) is 1.12. The number of hydrogen-bond donors (Lipinski definition) is 2. The Labute approximate surface area is 144 Å². The van der Waals surface area contributed by atoms with Gasteiger partial charge in [-0.25, -0.2) is 14.0 Å². The number of ether oxygens (including phenoxy) is 1. The minimum absolute atomic E-state index is 0.0485. The van der Waals surface area contributed by atoms with Crippen LogP contribution in [-0.2, 0) is 9.53 Å². The monoisotopic (exact) mass is 343 g/mol. The highest BCUT2D eigenvalue weighted by molar-refractivity contribution is 5.81. The van der Waals surface area contributed by atoms with Gasteiger partial charge in [-0.15, -0.1) is 0 Å². The Morgan fingerprint density at radius 1 is 1.12 bits per heavy atom. The molecule has 0 radical (unpaired) electrons. The Balaban J connectivity index is 1.73. The van der Waals surface area contributed by atoms with Crippen LogP contribution < -0.4 is 5.32 Å². The number of nitrogens with one attached hydrogen (secondary N) is 1. The van der Waals surface area contributed by atoms with E-state index >= 15 is 0 Å². The lowest BCUT2D eigenvalue weighted by Crippen LogP contribution is -2.46. The number of alkyl carbamates (subject to hydrolysis) is 1. The number of benzene rings is 2. The lowest BCUT2D eigenvalue weighted by atomic mass is 9.98. The summed E-state index contributed by atoms with van der Waals surface area (Å²) in [5.74, 6) is -1.58. The molecule has 6 heteroatoms. The number of hydrogen-bond acceptors (Lipinski definition) is 3. The van der Waals surface area contributed by atoms with E-state index in [0.717, 1.165) is 29.2 Å². The number of carboxylic acids is 1. The van der Waals surface area contributed by atoms with Crippen LogP contribution in [0.3, 0.4) is 0 Å². The Morgan fingerprint density at radius 3 is 2.12 bits per heavy atom. The normalized spacial score (nSPS) is 15.0. The zero-order chi connectivity index (χ0) is 18.0. The molecule has 1 aliphatic carbocycles. The average molecular weight is 343 g/mol. The van der Waals surface area contributed by atoms with Crippen molar-refractivity contribution in [3.05, 3.63) is 59.7 Å². The molecular weight excluding hydrogens is 325 g/mol. The summed E-state index contributed by atoms with van der Waals surface area (Å²) in [6, 6.07) is 14.1. The van der Waals surface area contributed by atoms with Crippen molar-refractivity contribution < 1.29 is 23.8 Å². The van der Waals surface area contributed by atoms with Crippen LogP contribution >= 0.6 is 0 Å². The van der Waals surface area contributed by atoms with Gasteiger partial charge >= 0.3 is 12.1 Å². The van der Waals surface area contributed by atoms with Gasteiger partial charge in [-0.05, 0) is 29.2 Å². The Bertz CT molecular complexity index is 760. The standard InChI is InChI=1S/C19H18FNO4/c1-11(20)17(18(22)23)21-19(24)25-10-16-14-8-4-2-6-12(14)13-7-3-5-9-15(13)16/h2-9,11,16-17H,10H2,1H3,(H,21,24)(H,22,23)/t11-,17-/m1/s1. The van der Waals surface area contributed by atoms with Gasteiger partial charge in [-0.3, -0.25) is 0 Å². The highest BCUT2D eigenvalue weighted by Gasteiger charge is 2.30. The van der Waals surface area contributed by atoms with Gasteiger partial charge in [0.2, 0.25) is 0 Å². The number of rotatable bonds is 5. The number of carboxylic acid groups (broad SMARTS) is 1. The molecule has 25 heavy (non-hydrogen) atoms. The zero-order valence-electron chi connectivity index (χ0n) is 13.6. The zero-order valence-corrected chi connectivity index (χ0v) is 13.6. The molecule has 3 rings (SSSR count). The first-order valence-corrected chi connectivity index (χ1v) is 7.97. The molecule has 2 aromatic carbocycles. The first-order valence-electron chi connectivity index (χ1n) is 7.97. The first kappa shape index (κ1) is 17.0. The van der Waals surface area contributed by atoms with Crippen LogP contribution in [0.25, 0.3) is 11.1 Å². The van der Waals surface area contributed by atoms with Crippen LogP contribution in [0.4, 0.5) is 9.18 Å². The smallest absolute Gasteiger partial charge is 0.407 e. The molecule has 0 unspecified atom stereocenters.